The molecule has 1 atom stereocenters. The summed E-state index contributed by atoms with van der Waals surface area (Å²) in [7, 11) is 0. The number of rotatable bonds is 9. The highest BCUT2D eigenvalue weighted by molar-refractivity contribution is 7.99. The van der Waals surface area contributed by atoms with Gasteiger partial charge in [-0.1, -0.05) is 19.4 Å². The zero-order valence-corrected chi connectivity index (χ0v) is 26.1. The molecule has 9 nitrogen and oxygen atoms in total. The van der Waals surface area contributed by atoms with E-state index >= 15 is 0 Å². The Kier molecular flexibility index (Phi) is 10.6. The zero-order valence-electron chi connectivity index (χ0n) is 25.3. The van der Waals surface area contributed by atoms with Crippen LogP contribution in [0.15, 0.2) is 23.1 Å². The van der Waals surface area contributed by atoms with Crippen molar-refractivity contribution in [1.29, 1.82) is 0 Å². The van der Waals surface area contributed by atoms with Crippen molar-refractivity contribution in [3.8, 4) is 11.3 Å². The summed E-state index contributed by atoms with van der Waals surface area (Å²) in [4.78, 5) is 30.2. The highest BCUT2D eigenvalue weighted by Gasteiger charge is 2.35. The van der Waals surface area contributed by atoms with Gasteiger partial charge in [-0.25, -0.2) is 0 Å². The van der Waals surface area contributed by atoms with Crippen molar-refractivity contribution >= 4 is 23.6 Å². The molecule has 2 aromatic rings. The van der Waals surface area contributed by atoms with Crippen LogP contribution in [0.5, 0.6) is 0 Å². The van der Waals surface area contributed by atoms with Crippen molar-refractivity contribution in [1.82, 2.24) is 24.5 Å². The molecule has 1 aromatic carbocycles. The van der Waals surface area contributed by atoms with Crippen LogP contribution in [-0.2, 0) is 35.3 Å². The number of β-amino-alcohol motifs (C(OH)–C–C–N with tert-alkyl or cyclic N) is 1. The van der Waals surface area contributed by atoms with Gasteiger partial charge in [-0.15, -0.1) is 11.8 Å². The number of hydrogen-bond donors (Lipinski definition) is 2. The first-order chi connectivity index (χ1) is 21.0. The lowest BCUT2D eigenvalue weighted by Gasteiger charge is -2.30. The van der Waals surface area contributed by atoms with Gasteiger partial charge in [-0.3, -0.25) is 14.3 Å². The van der Waals surface area contributed by atoms with Gasteiger partial charge in [-0.05, 0) is 69.9 Å². The number of carbonyl (C=O) groups excluding carboxylic acids is 2. The Bertz CT molecular complexity index is 1320. The number of aliphatic hydroxyl groups is 1. The Hall–Kier alpha value is -2.61. The first kappa shape index (κ1) is 32.8. The van der Waals surface area contributed by atoms with E-state index in [4.69, 9.17) is 10.8 Å². The lowest BCUT2D eigenvalue weighted by Crippen LogP contribution is -2.43. The van der Waals surface area contributed by atoms with Gasteiger partial charge in [0.25, 0.3) is 0 Å². The molecule has 0 bridgehead atoms. The zero-order chi connectivity index (χ0) is 31.4. The van der Waals surface area contributed by atoms with Gasteiger partial charge in [0, 0.05) is 53.5 Å². The van der Waals surface area contributed by atoms with E-state index in [0.29, 0.717) is 48.0 Å². The summed E-state index contributed by atoms with van der Waals surface area (Å²) in [6, 6.07) is 4.06. The summed E-state index contributed by atoms with van der Waals surface area (Å²) < 4.78 is 43.9. The third-order valence-corrected chi connectivity index (χ3v) is 10.1. The molecule has 2 saturated heterocycles. The summed E-state index contributed by atoms with van der Waals surface area (Å²) >= 11 is 1.19. The fraction of sp³-hybridized carbons (Fsp3) is 0.645. The standard InChI is InChI=1S/C31H43F3N6O3S/c1-21-7-12-37(13-8-21)15-16-44-27-17-22(5-6-25(27)31(32,33)34)28-24-20-39(30(43)29(35)42)14-9-26(24)40(36-28)19-23(41)18-38-10-3-2-4-11-38/h5-6,17,21,23,41H,2-4,7-16,18-20H2,1H3,(H2,35,42). The number of halogens is 3. The molecular formula is C31H43F3N6O3S. The Balaban J connectivity index is 1.42. The minimum atomic E-state index is -4.51. The normalized spacial score (nSPS) is 19.6. The van der Waals surface area contributed by atoms with Crippen molar-refractivity contribution in [2.45, 2.75) is 75.7 Å². The lowest BCUT2D eigenvalue weighted by molar-refractivity contribution is -0.144. The third kappa shape index (κ3) is 7.96. The summed E-state index contributed by atoms with van der Waals surface area (Å²) in [5, 5.41) is 15.8. The number of alkyl halides is 3. The fourth-order valence-electron chi connectivity index (χ4n) is 6.49. The average Bonchev–Trinajstić information content (AvgIpc) is 3.34. The Morgan fingerprint density at radius 3 is 2.48 bits per heavy atom. The number of thioether (sulfide) groups is 1. The smallest absolute Gasteiger partial charge is 0.390 e. The maximum Gasteiger partial charge on any atom is 0.417 e. The van der Waals surface area contributed by atoms with Gasteiger partial charge in [-0.2, -0.15) is 18.3 Å². The van der Waals surface area contributed by atoms with Gasteiger partial charge in [0.05, 0.1) is 30.5 Å². The van der Waals surface area contributed by atoms with Gasteiger partial charge in [0.15, 0.2) is 0 Å². The van der Waals surface area contributed by atoms with Gasteiger partial charge < -0.3 is 25.5 Å². The Labute approximate surface area is 260 Å². The molecule has 3 aliphatic rings. The summed E-state index contributed by atoms with van der Waals surface area (Å²) in [6.07, 6.45) is 0.776. The van der Waals surface area contributed by atoms with Crippen LogP contribution in [0.3, 0.4) is 0 Å². The number of piperidine rings is 2. The summed E-state index contributed by atoms with van der Waals surface area (Å²) in [6.45, 7) is 7.78. The van der Waals surface area contributed by atoms with Gasteiger partial charge >= 0.3 is 18.0 Å². The molecule has 1 unspecified atom stereocenters. The fourth-order valence-corrected chi connectivity index (χ4v) is 7.61. The van der Waals surface area contributed by atoms with E-state index in [-0.39, 0.29) is 24.5 Å². The Morgan fingerprint density at radius 2 is 1.80 bits per heavy atom. The lowest BCUT2D eigenvalue weighted by atomic mass is 9.99. The van der Waals surface area contributed by atoms with Crippen LogP contribution < -0.4 is 5.73 Å². The maximum atomic E-state index is 14.1. The molecule has 0 aliphatic carbocycles. The SMILES string of the molecule is CC1CCN(CCSc2cc(-c3nn(CC(O)CN4CCCCC4)c4c3CN(C(=O)C(N)=O)CC4)ccc2C(F)(F)F)CC1. The first-order valence-electron chi connectivity index (χ1n) is 15.6. The van der Waals surface area contributed by atoms with Crippen molar-refractivity contribution < 1.29 is 27.9 Å². The number of amides is 2. The minimum absolute atomic E-state index is 0.0611. The van der Waals surface area contributed by atoms with Gasteiger partial charge in [0.1, 0.15) is 0 Å². The molecule has 0 saturated carbocycles. The predicted octanol–water partition coefficient (Wildman–Crippen LogP) is 3.61. The molecule has 2 amide bonds. The minimum Gasteiger partial charge on any atom is -0.390 e. The Morgan fingerprint density at radius 1 is 1.07 bits per heavy atom. The van der Waals surface area contributed by atoms with Crippen LogP contribution in [-0.4, -0.2) is 99.1 Å². The number of aliphatic hydroxyl groups excluding tert-OH is 1. The summed E-state index contributed by atoms with van der Waals surface area (Å²) in [5.41, 5.74) is 7.01. The number of nitrogens with zero attached hydrogens (tertiary/aromatic N) is 5. The van der Waals surface area contributed by atoms with Crippen LogP contribution >= 0.6 is 11.8 Å². The van der Waals surface area contributed by atoms with Crippen LogP contribution in [0.2, 0.25) is 0 Å². The molecule has 0 spiro atoms. The molecule has 1 aromatic heterocycles. The molecule has 13 heteroatoms. The van der Waals surface area contributed by atoms with Crippen molar-refractivity contribution in [3.05, 3.63) is 35.0 Å². The van der Waals surface area contributed by atoms with Crippen LogP contribution in [0, 0.1) is 5.92 Å². The molecule has 44 heavy (non-hydrogen) atoms. The average molecular weight is 637 g/mol. The van der Waals surface area contributed by atoms with E-state index in [1.54, 1.807) is 4.68 Å². The van der Waals surface area contributed by atoms with E-state index in [1.165, 1.54) is 35.2 Å². The molecule has 4 heterocycles. The third-order valence-electron chi connectivity index (χ3n) is 9.04. The number of hydrogen-bond acceptors (Lipinski definition) is 7. The van der Waals surface area contributed by atoms with Crippen LogP contribution in [0.4, 0.5) is 13.2 Å². The second-order valence-electron chi connectivity index (χ2n) is 12.4. The van der Waals surface area contributed by atoms with Crippen LogP contribution in [0.25, 0.3) is 11.3 Å². The number of likely N-dealkylation sites (tertiary alicyclic amines) is 2. The summed E-state index contributed by atoms with van der Waals surface area (Å²) in [5.74, 6) is -0.666. The van der Waals surface area contributed by atoms with Crippen molar-refractivity contribution in [2.75, 3.05) is 51.6 Å². The second kappa shape index (κ2) is 14.2. The highest BCUT2D eigenvalue weighted by Crippen LogP contribution is 2.40. The predicted molar refractivity (Wildman–Crippen MR) is 163 cm³/mol. The topological polar surface area (TPSA) is 108 Å². The largest absolute Gasteiger partial charge is 0.417 e. The van der Waals surface area contributed by atoms with Crippen molar-refractivity contribution in [2.24, 2.45) is 11.7 Å². The van der Waals surface area contributed by atoms with E-state index in [2.05, 4.69) is 16.7 Å². The molecule has 3 N–H and O–H groups in total. The second-order valence-corrected chi connectivity index (χ2v) is 13.5. The number of benzene rings is 1. The molecule has 3 aliphatic heterocycles. The number of carbonyl (C=O) groups is 2. The van der Waals surface area contributed by atoms with Crippen molar-refractivity contribution in [3.63, 3.8) is 0 Å². The van der Waals surface area contributed by atoms with E-state index in [1.807, 2.05) is 0 Å². The highest BCUT2D eigenvalue weighted by atomic mass is 32.2. The molecule has 0 radical (unpaired) electrons. The molecule has 2 fully saturated rings. The monoisotopic (exact) mass is 636 g/mol. The maximum absolute atomic E-state index is 14.1. The number of primary amides is 1. The first-order valence-corrected chi connectivity index (χ1v) is 16.6. The molecule has 5 rings (SSSR count). The molecule has 242 valence electrons. The van der Waals surface area contributed by atoms with Gasteiger partial charge in [0.2, 0.25) is 0 Å². The number of fused-ring (bicyclic) bond motifs is 1. The number of nitrogens with two attached hydrogens (primary N) is 1. The van der Waals surface area contributed by atoms with E-state index < -0.39 is 29.7 Å². The quantitative estimate of drug-likeness (QED) is 0.320. The van der Waals surface area contributed by atoms with Crippen LogP contribution in [0.1, 0.15) is 55.8 Å². The number of aromatic nitrogens is 2. The van der Waals surface area contributed by atoms with E-state index in [9.17, 15) is 27.9 Å². The molecular weight excluding hydrogens is 593 g/mol. The van der Waals surface area contributed by atoms with E-state index in [0.717, 1.165) is 63.6 Å².